The van der Waals surface area contributed by atoms with Crippen LogP contribution in [0.25, 0.3) is 0 Å². The highest BCUT2D eigenvalue weighted by atomic mass is 16.1. The molecule has 0 spiro atoms. The number of carbonyl (C=O) groups excluding carboxylic acids is 1. The van der Waals surface area contributed by atoms with E-state index < -0.39 is 0 Å². The highest BCUT2D eigenvalue weighted by Crippen LogP contribution is 2.19. The number of pyridine rings is 1. The van der Waals surface area contributed by atoms with E-state index in [0.717, 1.165) is 35.8 Å². The van der Waals surface area contributed by atoms with Crippen molar-refractivity contribution in [1.29, 1.82) is 0 Å². The van der Waals surface area contributed by atoms with Crippen molar-refractivity contribution >= 4 is 28.7 Å². The fourth-order valence-corrected chi connectivity index (χ4v) is 2.86. The van der Waals surface area contributed by atoms with Gasteiger partial charge in [0.2, 0.25) is 0 Å². The normalized spacial score (nSPS) is 10.3. The second kappa shape index (κ2) is 8.85. The molecule has 1 aromatic heterocycles. The second-order valence-electron chi connectivity index (χ2n) is 6.09. The van der Waals surface area contributed by atoms with E-state index in [-0.39, 0.29) is 5.91 Å². The smallest absolute Gasteiger partial charge is 0.274 e. The molecule has 1 amide bonds. The summed E-state index contributed by atoms with van der Waals surface area (Å²) in [5.41, 5.74) is 4.04. The zero-order valence-electron chi connectivity index (χ0n) is 15.6. The molecule has 0 aliphatic carbocycles. The lowest BCUT2D eigenvalue weighted by Gasteiger charge is -2.21. The minimum Gasteiger partial charge on any atom is -0.372 e. The van der Waals surface area contributed by atoms with Crippen molar-refractivity contribution in [2.45, 2.75) is 13.8 Å². The summed E-state index contributed by atoms with van der Waals surface area (Å²) in [4.78, 5) is 19.0. The molecular weight excluding hydrogens is 336 g/mol. The molecule has 0 unspecified atom stereocenters. The van der Waals surface area contributed by atoms with Crippen LogP contribution in [-0.4, -0.2) is 24.0 Å². The van der Waals surface area contributed by atoms with Crippen LogP contribution in [0.3, 0.4) is 0 Å². The first kappa shape index (κ1) is 18.5. The number of aromatic nitrogens is 1. The van der Waals surface area contributed by atoms with Gasteiger partial charge in [0.15, 0.2) is 0 Å². The lowest BCUT2D eigenvalue weighted by atomic mass is 10.2. The molecule has 5 nitrogen and oxygen atoms in total. The molecule has 0 saturated carbocycles. The van der Waals surface area contributed by atoms with Crippen molar-refractivity contribution in [2.75, 3.05) is 28.6 Å². The Balaban J connectivity index is 1.68. The number of nitrogens with zero attached hydrogens (tertiary/aromatic N) is 2. The maximum Gasteiger partial charge on any atom is 0.274 e. The summed E-state index contributed by atoms with van der Waals surface area (Å²) in [6, 6.07) is 21.3. The Morgan fingerprint density at radius 3 is 2.26 bits per heavy atom. The lowest BCUT2D eigenvalue weighted by Crippen LogP contribution is -2.21. The second-order valence-corrected chi connectivity index (χ2v) is 6.09. The fraction of sp³-hybridized carbons (Fsp3) is 0.182. The van der Waals surface area contributed by atoms with E-state index in [1.165, 1.54) is 0 Å². The Bertz CT molecular complexity index is 874. The van der Waals surface area contributed by atoms with Crippen LogP contribution in [0, 0.1) is 0 Å². The maximum absolute atomic E-state index is 12.5. The number of rotatable bonds is 7. The molecule has 0 saturated heterocycles. The number of hydrogen-bond acceptors (Lipinski definition) is 4. The lowest BCUT2D eigenvalue weighted by molar-refractivity contribution is 0.102. The molecule has 0 aliphatic rings. The number of hydrogen-bond donors (Lipinski definition) is 2. The minimum absolute atomic E-state index is 0.234. The number of carbonyl (C=O) groups is 1. The molecule has 0 radical (unpaired) electrons. The summed E-state index contributed by atoms with van der Waals surface area (Å²) in [6.45, 7) is 6.16. The van der Waals surface area contributed by atoms with E-state index in [9.17, 15) is 4.79 Å². The zero-order chi connectivity index (χ0) is 19.1. The van der Waals surface area contributed by atoms with Gasteiger partial charge in [0.25, 0.3) is 5.91 Å². The number of amides is 1. The van der Waals surface area contributed by atoms with Gasteiger partial charge in [0.1, 0.15) is 5.69 Å². The molecule has 138 valence electrons. The maximum atomic E-state index is 12.5. The van der Waals surface area contributed by atoms with Crippen LogP contribution in [0.4, 0.5) is 22.7 Å². The van der Waals surface area contributed by atoms with Crippen LogP contribution in [0.2, 0.25) is 0 Å². The van der Waals surface area contributed by atoms with Crippen molar-refractivity contribution in [2.24, 2.45) is 0 Å². The van der Waals surface area contributed by atoms with Gasteiger partial charge in [-0.1, -0.05) is 18.2 Å². The first-order valence-corrected chi connectivity index (χ1v) is 9.14. The summed E-state index contributed by atoms with van der Waals surface area (Å²) in [7, 11) is 0. The average Bonchev–Trinajstić information content (AvgIpc) is 2.71. The third kappa shape index (κ3) is 4.85. The average molecular weight is 360 g/mol. The van der Waals surface area contributed by atoms with Crippen LogP contribution in [0.1, 0.15) is 24.3 Å². The van der Waals surface area contributed by atoms with E-state index in [2.05, 4.69) is 34.4 Å². The highest BCUT2D eigenvalue weighted by molar-refractivity contribution is 6.03. The number of anilines is 4. The van der Waals surface area contributed by atoms with E-state index >= 15 is 0 Å². The van der Waals surface area contributed by atoms with Gasteiger partial charge in [-0.05, 0) is 62.4 Å². The van der Waals surface area contributed by atoms with E-state index in [4.69, 9.17) is 0 Å². The van der Waals surface area contributed by atoms with Crippen LogP contribution < -0.4 is 15.5 Å². The summed E-state index contributed by atoms with van der Waals surface area (Å²) in [6.07, 6.45) is 1.63. The highest BCUT2D eigenvalue weighted by Gasteiger charge is 2.09. The number of benzene rings is 2. The van der Waals surface area contributed by atoms with Crippen molar-refractivity contribution in [3.8, 4) is 0 Å². The Morgan fingerprint density at radius 2 is 1.59 bits per heavy atom. The van der Waals surface area contributed by atoms with E-state index in [0.29, 0.717) is 5.69 Å². The van der Waals surface area contributed by atoms with Crippen molar-refractivity contribution in [1.82, 2.24) is 4.98 Å². The van der Waals surface area contributed by atoms with Gasteiger partial charge in [-0.15, -0.1) is 0 Å². The van der Waals surface area contributed by atoms with Gasteiger partial charge in [-0.2, -0.15) is 0 Å². The van der Waals surface area contributed by atoms with E-state index in [1.807, 2.05) is 60.7 Å². The van der Waals surface area contributed by atoms with Gasteiger partial charge in [0, 0.05) is 42.0 Å². The molecular formula is C22H24N4O. The third-order valence-electron chi connectivity index (χ3n) is 4.31. The topological polar surface area (TPSA) is 57.3 Å². The molecule has 3 aromatic rings. The summed E-state index contributed by atoms with van der Waals surface area (Å²) < 4.78 is 0. The summed E-state index contributed by atoms with van der Waals surface area (Å²) in [5, 5.41) is 6.17. The van der Waals surface area contributed by atoms with Crippen LogP contribution in [0.15, 0.2) is 72.9 Å². The first-order chi connectivity index (χ1) is 13.2. The molecule has 0 fully saturated rings. The largest absolute Gasteiger partial charge is 0.372 e. The summed E-state index contributed by atoms with van der Waals surface area (Å²) in [5.74, 6) is -0.234. The van der Waals surface area contributed by atoms with Gasteiger partial charge >= 0.3 is 0 Å². The minimum atomic E-state index is -0.234. The van der Waals surface area contributed by atoms with Gasteiger partial charge < -0.3 is 15.5 Å². The standard InChI is InChI=1S/C22H24N4O/c1-3-26(4-2)20-12-10-18(11-13-20)25-22(27)21-16-19(14-15-23-21)24-17-8-6-5-7-9-17/h5-16H,3-4H2,1-2H3,(H,23,24)(H,25,27). The predicted octanol–water partition coefficient (Wildman–Crippen LogP) is 4.92. The quantitative estimate of drug-likeness (QED) is 0.628. The summed E-state index contributed by atoms with van der Waals surface area (Å²) >= 11 is 0. The molecule has 2 aromatic carbocycles. The SMILES string of the molecule is CCN(CC)c1ccc(NC(=O)c2cc(Nc3ccccc3)ccn2)cc1. The molecule has 5 heteroatoms. The Morgan fingerprint density at radius 1 is 0.889 bits per heavy atom. The molecule has 1 heterocycles. The van der Waals surface area contributed by atoms with Gasteiger partial charge in [-0.3, -0.25) is 9.78 Å². The zero-order valence-corrected chi connectivity index (χ0v) is 15.6. The van der Waals surface area contributed by atoms with Crippen LogP contribution in [0.5, 0.6) is 0 Å². The number of para-hydroxylation sites is 1. The predicted molar refractivity (Wildman–Crippen MR) is 112 cm³/mol. The molecule has 2 N–H and O–H groups in total. The molecule has 0 aliphatic heterocycles. The van der Waals surface area contributed by atoms with Crippen LogP contribution >= 0.6 is 0 Å². The Hall–Kier alpha value is -3.34. The van der Waals surface area contributed by atoms with Gasteiger partial charge in [-0.25, -0.2) is 0 Å². The molecule has 0 bridgehead atoms. The van der Waals surface area contributed by atoms with Crippen molar-refractivity contribution in [3.05, 3.63) is 78.6 Å². The molecule has 27 heavy (non-hydrogen) atoms. The molecule has 3 rings (SSSR count). The van der Waals surface area contributed by atoms with E-state index in [1.54, 1.807) is 12.3 Å². The van der Waals surface area contributed by atoms with Gasteiger partial charge in [0.05, 0.1) is 0 Å². The van der Waals surface area contributed by atoms with Crippen LogP contribution in [-0.2, 0) is 0 Å². The monoisotopic (exact) mass is 360 g/mol. The fourth-order valence-electron chi connectivity index (χ4n) is 2.86. The Kier molecular flexibility index (Phi) is 6.05. The van der Waals surface area contributed by atoms with Crippen molar-refractivity contribution < 1.29 is 4.79 Å². The third-order valence-corrected chi connectivity index (χ3v) is 4.31. The van der Waals surface area contributed by atoms with Crippen molar-refractivity contribution in [3.63, 3.8) is 0 Å². The number of nitrogens with one attached hydrogen (secondary N) is 2. The molecule has 0 atom stereocenters. The Labute approximate surface area is 160 Å². The first-order valence-electron chi connectivity index (χ1n) is 9.14.